The summed E-state index contributed by atoms with van der Waals surface area (Å²) in [5.41, 5.74) is 4.42. The number of nitrogens with one attached hydrogen (secondary N) is 2. The Labute approximate surface area is 202 Å². The lowest BCUT2D eigenvalue weighted by Crippen LogP contribution is -2.40. The normalized spacial score (nSPS) is 14.9. The fourth-order valence-corrected chi connectivity index (χ4v) is 4.53. The summed E-state index contributed by atoms with van der Waals surface area (Å²) >= 11 is 0. The van der Waals surface area contributed by atoms with Crippen LogP contribution in [0.1, 0.15) is 63.0 Å². The van der Waals surface area contributed by atoms with E-state index in [9.17, 15) is 14.7 Å². The second-order valence-corrected chi connectivity index (χ2v) is 8.96. The minimum absolute atomic E-state index is 0.0590. The Morgan fingerprint density at radius 1 is 1.09 bits per heavy atom. The van der Waals surface area contributed by atoms with Crippen LogP contribution in [0.5, 0.6) is 0 Å². The zero-order chi connectivity index (χ0) is 24.5. The molecule has 2 aromatic rings. The van der Waals surface area contributed by atoms with Crippen molar-refractivity contribution in [3.05, 3.63) is 53.6 Å². The highest BCUT2D eigenvalue weighted by Gasteiger charge is 2.25. The number of aliphatic carboxylic acids is 1. The van der Waals surface area contributed by atoms with E-state index in [1.807, 2.05) is 56.3 Å². The lowest BCUT2D eigenvalue weighted by molar-refractivity contribution is -0.137. The molecule has 3 rings (SSSR count). The van der Waals surface area contributed by atoms with Crippen molar-refractivity contribution >= 4 is 29.1 Å². The number of carboxylic acid groups (broad SMARTS) is 1. The van der Waals surface area contributed by atoms with Gasteiger partial charge in [-0.05, 0) is 68.4 Å². The average Bonchev–Trinajstić information content (AvgIpc) is 2.83. The van der Waals surface area contributed by atoms with Gasteiger partial charge in [-0.1, -0.05) is 37.6 Å². The van der Waals surface area contributed by atoms with Crippen molar-refractivity contribution < 1.29 is 19.4 Å². The smallest absolute Gasteiger partial charge is 0.323 e. The molecule has 0 radical (unpaired) electrons. The molecule has 1 aliphatic heterocycles. The number of anilines is 3. The first-order chi connectivity index (χ1) is 16.4. The minimum Gasteiger partial charge on any atom is -0.481 e. The van der Waals surface area contributed by atoms with Gasteiger partial charge in [0.2, 0.25) is 0 Å². The molecule has 184 valence electrons. The van der Waals surface area contributed by atoms with E-state index in [0.717, 1.165) is 55.8 Å². The maximum absolute atomic E-state index is 12.9. The summed E-state index contributed by atoms with van der Waals surface area (Å²) in [4.78, 5) is 26.7. The SMILES string of the molecule is CCCN(c1ccc(C(CC)CC(=O)O)cc1NC(=O)Nc1ccc(C)cc1)C1CCOCC1. The van der Waals surface area contributed by atoms with Gasteiger partial charge < -0.3 is 25.4 Å². The van der Waals surface area contributed by atoms with Crippen molar-refractivity contribution in [1.29, 1.82) is 0 Å². The highest BCUT2D eigenvalue weighted by molar-refractivity contribution is 6.02. The summed E-state index contributed by atoms with van der Waals surface area (Å²) in [7, 11) is 0. The lowest BCUT2D eigenvalue weighted by atomic mass is 9.92. The molecule has 1 fully saturated rings. The van der Waals surface area contributed by atoms with Crippen LogP contribution in [0.3, 0.4) is 0 Å². The van der Waals surface area contributed by atoms with E-state index in [1.165, 1.54) is 0 Å². The molecular formula is C27H37N3O4. The third-order valence-electron chi connectivity index (χ3n) is 6.37. The standard InChI is InChI=1S/C27H37N3O4/c1-4-14-30(23-12-15-34-16-13-23)25-11-8-21(20(5-2)18-26(31)32)17-24(25)29-27(33)28-22-9-6-19(3)7-10-22/h6-11,17,20,23H,4-5,12-16,18H2,1-3H3,(H,31,32)(H2,28,29,33). The first-order valence-electron chi connectivity index (χ1n) is 12.3. The van der Waals surface area contributed by atoms with E-state index >= 15 is 0 Å². The summed E-state index contributed by atoms with van der Waals surface area (Å²) in [6.45, 7) is 8.47. The molecule has 0 bridgehead atoms. The van der Waals surface area contributed by atoms with Crippen molar-refractivity contribution in [3.63, 3.8) is 0 Å². The molecule has 7 heteroatoms. The number of carboxylic acids is 1. The Morgan fingerprint density at radius 2 is 1.79 bits per heavy atom. The molecule has 2 amide bonds. The van der Waals surface area contributed by atoms with Gasteiger partial charge in [0.1, 0.15) is 0 Å². The first-order valence-corrected chi connectivity index (χ1v) is 12.3. The van der Waals surface area contributed by atoms with Crippen LogP contribution in [0.4, 0.5) is 21.9 Å². The van der Waals surface area contributed by atoms with Crippen LogP contribution in [-0.4, -0.2) is 42.9 Å². The van der Waals surface area contributed by atoms with Gasteiger partial charge in [0, 0.05) is 31.5 Å². The number of nitrogens with zero attached hydrogens (tertiary/aromatic N) is 1. The topological polar surface area (TPSA) is 90.9 Å². The zero-order valence-electron chi connectivity index (χ0n) is 20.5. The molecular weight excluding hydrogens is 430 g/mol. The van der Waals surface area contributed by atoms with Gasteiger partial charge in [0.25, 0.3) is 0 Å². The lowest BCUT2D eigenvalue weighted by Gasteiger charge is -2.37. The van der Waals surface area contributed by atoms with E-state index in [2.05, 4.69) is 22.5 Å². The largest absolute Gasteiger partial charge is 0.481 e. The average molecular weight is 468 g/mol. The molecule has 1 atom stereocenters. The van der Waals surface area contributed by atoms with Crippen molar-refractivity contribution in [1.82, 2.24) is 0 Å². The summed E-state index contributed by atoms with van der Waals surface area (Å²) in [6.07, 6.45) is 3.62. The third-order valence-corrected chi connectivity index (χ3v) is 6.37. The number of benzene rings is 2. The molecule has 7 nitrogen and oxygen atoms in total. The van der Waals surface area contributed by atoms with Crippen LogP contribution in [0.15, 0.2) is 42.5 Å². The van der Waals surface area contributed by atoms with Gasteiger partial charge in [0.05, 0.1) is 17.8 Å². The summed E-state index contributed by atoms with van der Waals surface area (Å²) in [6, 6.07) is 13.7. The fourth-order valence-electron chi connectivity index (χ4n) is 4.53. The molecule has 3 N–H and O–H groups in total. The van der Waals surface area contributed by atoms with Gasteiger partial charge in [-0.15, -0.1) is 0 Å². The number of amides is 2. The van der Waals surface area contributed by atoms with Gasteiger partial charge in [-0.3, -0.25) is 4.79 Å². The van der Waals surface area contributed by atoms with E-state index in [4.69, 9.17) is 4.74 Å². The van der Waals surface area contributed by atoms with Crippen molar-refractivity contribution in [2.45, 2.75) is 64.8 Å². The molecule has 0 aromatic heterocycles. The van der Waals surface area contributed by atoms with Crippen LogP contribution < -0.4 is 15.5 Å². The number of urea groups is 1. The van der Waals surface area contributed by atoms with E-state index < -0.39 is 5.97 Å². The Balaban J connectivity index is 1.93. The minimum atomic E-state index is -0.822. The molecule has 0 aliphatic carbocycles. The maximum Gasteiger partial charge on any atom is 0.323 e. The fraction of sp³-hybridized carbons (Fsp3) is 0.481. The Bertz CT molecular complexity index is 955. The molecule has 0 saturated carbocycles. The first kappa shape index (κ1) is 25.6. The molecule has 1 heterocycles. The van der Waals surface area contributed by atoms with Crippen LogP contribution in [-0.2, 0) is 9.53 Å². The highest BCUT2D eigenvalue weighted by Crippen LogP contribution is 2.35. The monoisotopic (exact) mass is 467 g/mol. The van der Waals surface area contributed by atoms with Crippen LogP contribution in [0.25, 0.3) is 0 Å². The summed E-state index contributed by atoms with van der Waals surface area (Å²) < 4.78 is 5.57. The third kappa shape index (κ3) is 6.97. The Kier molecular flexibility index (Phi) is 9.33. The van der Waals surface area contributed by atoms with E-state index in [1.54, 1.807) is 0 Å². The summed E-state index contributed by atoms with van der Waals surface area (Å²) in [5, 5.41) is 15.3. The molecule has 2 aromatic carbocycles. The van der Waals surface area contributed by atoms with E-state index in [-0.39, 0.29) is 18.4 Å². The van der Waals surface area contributed by atoms with Gasteiger partial charge >= 0.3 is 12.0 Å². The molecule has 1 aliphatic rings. The number of hydrogen-bond donors (Lipinski definition) is 3. The molecule has 34 heavy (non-hydrogen) atoms. The number of carbonyl (C=O) groups excluding carboxylic acids is 1. The van der Waals surface area contributed by atoms with E-state index in [0.29, 0.717) is 23.8 Å². The van der Waals surface area contributed by atoms with Gasteiger partial charge in [-0.25, -0.2) is 4.79 Å². The Morgan fingerprint density at radius 3 is 2.41 bits per heavy atom. The van der Waals surface area contributed by atoms with Crippen LogP contribution in [0.2, 0.25) is 0 Å². The highest BCUT2D eigenvalue weighted by atomic mass is 16.5. The molecule has 1 unspecified atom stereocenters. The van der Waals surface area contributed by atoms with Crippen molar-refractivity contribution in [2.24, 2.45) is 0 Å². The molecule has 1 saturated heterocycles. The maximum atomic E-state index is 12.9. The van der Waals surface area contributed by atoms with Gasteiger partial charge in [-0.2, -0.15) is 0 Å². The van der Waals surface area contributed by atoms with Crippen LogP contribution >= 0.6 is 0 Å². The van der Waals surface area contributed by atoms with Crippen molar-refractivity contribution in [3.8, 4) is 0 Å². The Hall–Kier alpha value is -3.06. The quantitative estimate of drug-likeness (QED) is 0.398. The number of aryl methyl sites for hydroxylation is 1. The second kappa shape index (κ2) is 12.4. The number of rotatable bonds is 10. The number of ether oxygens (including phenoxy) is 1. The molecule has 0 spiro atoms. The second-order valence-electron chi connectivity index (χ2n) is 8.96. The number of carbonyl (C=O) groups is 2. The number of hydrogen-bond acceptors (Lipinski definition) is 4. The van der Waals surface area contributed by atoms with Crippen molar-refractivity contribution in [2.75, 3.05) is 35.3 Å². The summed E-state index contributed by atoms with van der Waals surface area (Å²) in [5.74, 6) is -0.938. The zero-order valence-corrected chi connectivity index (χ0v) is 20.5. The predicted octanol–water partition coefficient (Wildman–Crippen LogP) is 6.00. The predicted molar refractivity (Wildman–Crippen MR) is 137 cm³/mol. The van der Waals surface area contributed by atoms with Gasteiger partial charge in [0.15, 0.2) is 0 Å². The van der Waals surface area contributed by atoms with Crippen LogP contribution in [0, 0.1) is 6.92 Å².